The van der Waals surface area contributed by atoms with Crippen LogP contribution in [-0.4, -0.2) is 29.4 Å². The van der Waals surface area contributed by atoms with E-state index in [2.05, 4.69) is 11.8 Å². The lowest BCUT2D eigenvalue weighted by Gasteiger charge is -2.36. The number of nitrogens with two attached hydrogens (primary N) is 1. The number of rotatable bonds is 6. The Kier molecular flexibility index (Phi) is 5.65. The van der Waals surface area contributed by atoms with E-state index in [0.29, 0.717) is 24.9 Å². The van der Waals surface area contributed by atoms with Crippen molar-refractivity contribution in [3.63, 3.8) is 0 Å². The van der Waals surface area contributed by atoms with Crippen LogP contribution < -0.4 is 5.73 Å². The SMILES string of the molecule is CCCN(C(=O)CCc1ccco1)C1CCC(N)CC1. The first-order valence-electron chi connectivity index (χ1n) is 7.78. The van der Waals surface area contributed by atoms with E-state index < -0.39 is 0 Å². The van der Waals surface area contributed by atoms with Crippen LogP contribution in [0.25, 0.3) is 0 Å². The minimum absolute atomic E-state index is 0.253. The van der Waals surface area contributed by atoms with Gasteiger partial charge in [0.1, 0.15) is 5.76 Å². The lowest BCUT2D eigenvalue weighted by molar-refractivity contribution is -0.134. The van der Waals surface area contributed by atoms with E-state index >= 15 is 0 Å². The van der Waals surface area contributed by atoms with Crippen molar-refractivity contribution in [3.05, 3.63) is 24.2 Å². The summed E-state index contributed by atoms with van der Waals surface area (Å²) in [7, 11) is 0. The molecule has 0 radical (unpaired) electrons. The van der Waals surface area contributed by atoms with Crippen molar-refractivity contribution in [2.75, 3.05) is 6.54 Å². The average Bonchev–Trinajstić information content (AvgIpc) is 2.97. The molecule has 1 aromatic heterocycles. The van der Waals surface area contributed by atoms with Gasteiger partial charge in [0.25, 0.3) is 0 Å². The average molecular weight is 278 g/mol. The Bertz CT molecular complexity index is 395. The summed E-state index contributed by atoms with van der Waals surface area (Å²) >= 11 is 0. The quantitative estimate of drug-likeness (QED) is 0.870. The monoisotopic (exact) mass is 278 g/mol. The molecule has 112 valence electrons. The molecule has 1 saturated carbocycles. The van der Waals surface area contributed by atoms with Gasteiger partial charge in [0.2, 0.25) is 5.91 Å². The molecular formula is C16H26N2O2. The molecule has 2 N–H and O–H groups in total. The molecule has 4 heteroatoms. The third-order valence-electron chi connectivity index (χ3n) is 4.13. The highest BCUT2D eigenvalue weighted by molar-refractivity contribution is 5.76. The van der Waals surface area contributed by atoms with Gasteiger partial charge in [0, 0.05) is 31.5 Å². The summed E-state index contributed by atoms with van der Waals surface area (Å²) in [5, 5.41) is 0. The summed E-state index contributed by atoms with van der Waals surface area (Å²) < 4.78 is 5.30. The van der Waals surface area contributed by atoms with Crippen molar-refractivity contribution in [3.8, 4) is 0 Å². The van der Waals surface area contributed by atoms with Crippen LogP contribution in [0.1, 0.15) is 51.2 Å². The van der Waals surface area contributed by atoms with E-state index in [-0.39, 0.29) is 5.91 Å². The summed E-state index contributed by atoms with van der Waals surface area (Å²) in [6, 6.07) is 4.51. The van der Waals surface area contributed by atoms with Gasteiger partial charge < -0.3 is 15.1 Å². The van der Waals surface area contributed by atoms with Crippen molar-refractivity contribution in [1.29, 1.82) is 0 Å². The topological polar surface area (TPSA) is 59.5 Å². The van der Waals surface area contributed by atoms with E-state index in [4.69, 9.17) is 10.2 Å². The van der Waals surface area contributed by atoms with Crippen LogP contribution in [-0.2, 0) is 11.2 Å². The van der Waals surface area contributed by atoms with Crippen LogP contribution in [0.5, 0.6) is 0 Å². The molecule has 1 fully saturated rings. The van der Waals surface area contributed by atoms with E-state index in [9.17, 15) is 4.79 Å². The van der Waals surface area contributed by atoms with Gasteiger partial charge in [-0.1, -0.05) is 6.92 Å². The molecule has 0 saturated heterocycles. The highest BCUT2D eigenvalue weighted by atomic mass is 16.3. The van der Waals surface area contributed by atoms with Crippen LogP contribution in [0.15, 0.2) is 22.8 Å². The Morgan fingerprint density at radius 3 is 2.75 bits per heavy atom. The lowest BCUT2D eigenvalue weighted by atomic mass is 9.90. The van der Waals surface area contributed by atoms with Gasteiger partial charge in [0.15, 0.2) is 0 Å². The van der Waals surface area contributed by atoms with E-state index in [1.165, 1.54) is 0 Å². The highest BCUT2D eigenvalue weighted by Gasteiger charge is 2.26. The number of carbonyl (C=O) groups is 1. The van der Waals surface area contributed by atoms with Crippen molar-refractivity contribution >= 4 is 5.91 Å². The molecule has 0 bridgehead atoms. The Balaban J connectivity index is 1.88. The molecule has 0 spiro atoms. The first-order valence-corrected chi connectivity index (χ1v) is 7.78. The number of carbonyl (C=O) groups excluding carboxylic acids is 1. The fourth-order valence-corrected chi connectivity index (χ4v) is 2.99. The Morgan fingerprint density at radius 2 is 2.15 bits per heavy atom. The molecule has 0 atom stereocenters. The molecule has 1 aromatic rings. The van der Waals surface area contributed by atoms with Crippen molar-refractivity contribution in [2.45, 2.75) is 64.0 Å². The summed E-state index contributed by atoms with van der Waals surface area (Å²) in [6.45, 7) is 2.98. The molecule has 0 aromatic carbocycles. The van der Waals surface area contributed by atoms with Crippen LogP contribution in [0.2, 0.25) is 0 Å². The highest BCUT2D eigenvalue weighted by Crippen LogP contribution is 2.23. The zero-order valence-electron chi connectivity index (χ0n) is 12.4. The minimum Gasteiger partial charge on any atom is -0.469 e. The first-order chi connectivity index (χ1) is 9.70. The molecule has 0 unspecified atom stereocenters. The van der Waals surface area contributed by atoms with Crippen LogP contribution >= 0.6 is 0 Å². The van der Waals surface area contributed by atoms with Gasteiger partial charge in [0.05, 0.1) is 6.26 Å². The summed E-state index contributed by atoms with van der Waals surface area (Å²) in [5.74, 6) is 1.14. The molecule has 1 aliphatic carbocycles. The van der Waals surface area contributed by atoms with Gasteiger partial charge in [-0.3, -0.25) is 4.79 Å². The Morgan fingerprint density at radius 1 is 1.40 bits per heavy atom. The maximum absolute atomic E-state index is 12.5. The number of furan rings is 1. The van der Waals surface area contributed by atoms with Gasteiger partial charge in [-0.25, -0.2) is 0 Å². The lowest BCUT2D eigenvalue weighted by Crippen LogP contribution is -2.44. The summed E-state index contributed by atoms with van der Waals surface area (Å²) in [5.41, 5.74) is 5.95. The third-order valence-corrected chi connectivity index (χ3v) is 4.13. The molecule has 0 aliphatic heterocycles. The zero-order valence-corrected chi connectivity index (χ0v) is 12.4. The number of aryl methyl sites for hydroxylation is 1. The minimum atomic E-state index is 0.253. The maximum atomic E-state index is 12.5. The molecule has 1 aliphatic rings. The maximum Gasteiger partial charge on any atom is 0.223 e. The fraction of sp³-hybridized carbons (Fsp3) is 0.688. The second kappa shape index (κ2) is 7.48. The molecular weight excluding hydrogens is 252 g/mol. The van der Waals surface area contributed by atoms with Crippen molar-refractivity contribution < 1.29 is 9.21 Å². The third kappa shape index (κ3) is 4.10. The smallest absolute Gasteiger partial charge is 0.223 e. The van der Waals surface area contributed by atoms with Crippen LogP contribution in [0.4, 0.5) is 0 Å². The van der Waals surface area contributed by atoms with E-state index in [1.807, 2.05) is 12.1 Å². The second-order valence-corrected chi connectivity index (χ2v) is 5.74. The van der Waals surface area contributed by atoms with E-state index in [0.717, 1.165) is 44.4 Å². The Labute approximate surface area is 121 Å². The predicted octanol–water partition coefficient (Wildman–Crippen LogP) is 2.72. The normalized spacial score (nSPS) is 22.7. The molecule has 2 rings (SSSR count). The van der Waals surface area contributed by atoms with Gasteiger partial charge in [-0.2, -0.15) is 0 Å². The number of hydrogen-bond donors (Lipinski definition) is 1. The van der Waals surface area contributed by atoms with Crippen LogP contribution in [0, 0.1) is 0 Å². The van der Waals surface area contributed by atoms with Gasteiger partial charge >= 0.3 is 0 Å². The predicted molar refractivity (Wildman–Crippen MR) is 79.3 cm³/mol. The van der Waals surface area contributed by atoms with Crippen molar-refractivity contribution in [1.82, 2.24) is 4.90 Å². The van der Waals surface area contributed by atoms with Crippen molar-refractivity contribution in [2.24, 2.45) is 5.73 Å². The van der Waals surface area contributed by atoms with Gasteiger partial charge in [-0.15, -0.1) is 0 Å². The van der Waals surface area contributed by atoms with Gasteiger partial charge in [-0.05, 0) is 44.2 Å². The second-order valence-electron chi connectivity index (χ2n) is 5.74. The van der Waals surface area contributed by atoms with Crippen LogP contribution in [0.3, 0.4) is 0 Å². The fourth-order valence-electron chi connectivity index (χ4n) is 2.99. The zero-order chi connectivity index (χ0) is 14.4. The molecule has 4 nitrogen and oxygen atoms in total. The first kappa shape index (κ1) is 15.1. The Hall–Kier alpha value is -1.29. The number of hydrogen-bond acceptors (Lipinski definition) is 3. The summed E-state index contributed by atoms with van der Waals surface area (Å²) in [4.78, 5) is 14.5. The molecule has 20 heavy (non-hydrogen) atoms. The largest absolute Gasteiger partial charge is 0.469 e. The summed E-state index contributed by atoms with van der Waals surface area (Å²) in [6.07, 6.45) is 8.07. The molecule has 1 heterocycles. The molecule has 1 amide bonds. The number of nitrogens with zero attached hydrogens (tertiary/aromatic N) is 1. The number of amides is 1. The standard InChI is InChI=1S/C16H26N2O2/c1-2-11-18(14-7-5-13(17)6-8-14)16(19)10-9-15-4-3-12-20-15/h3-4,12-14H,2,5-11,17H2,1H3. The van der Waals surface area contributed by atoms with E-state index in [1.54, 1.807) is 6.26 Å².